The van der Waals surface area contributed by atoms with E-state index < -0.39 is 0 Å². The van der Waals surface area contributed by atoms with Crippen molar-refractivity contribution in [2.24, 2.45) is 4.99 Å². The van der Waals surface area contributed by atoms with Crippen LogP contribution in [0.2, 0.25) is 0 Å². The average molecular weight is 371 g/mol. The van der Waals surface area contributed by atoms with Crippen molar-refractivity contribution in [2.45, 2.75) is 45.3 Å². The summed E-state index contributed by atoms with van der Waals surface area (Å²) in [5.74, 6) is 2.69. The molecule has 0 radical (unpaired) electrons. The van der Waals surface area contributed by atoms with Crippen LogP contribution in [0.3, 0.4) is 0 Å². The molecule has 146 valence electrons. The highest BCUT2D eigenvalue weighted by Crippen LogP contribution is 2.20. The zero-order valence-corrected chi connectivity index (χ0v) is 16.1. The van der Waals surface area contributed by atoms with E-state index in [0.717, 1.165) is 48.2 Å². The number of nitrogens with one attached hydrogen (secondary N) is 5. The summed E-state index contributed by atoms with van der Waals surface area (Å²) < 4.78 is 5.51. The van der Waals surface area contributed by atoms with Crippen LogP contribution in [0.4, 0.5) is 5.69 Å². The number of benzene rings is 1. The van der Waals surface area contributed by atoms with Crippen molar-refractivity contribution in [3.63, 3.8) is 0 Å². The topological polar surface area (TPSA) is 93.6 Å². The minimum atomic E-state index is -0.143. The Morgan fingerprint density at radius 2 is 2.15 bits per heavy atom. The zero-order chi connectivity index (χ0) is 19.1. The van der Waals surface area contributed by atoms with Gasteiger partial charge >= 0.3 is 0 Å². The predicted molar refractivity (Wildman–Crippen MR) is 111 cm³/mol. The molecule has 0 bridgehead atoms. The Labute approximate surface area is 161 Å². The number of piperidine rings is 1. The van der Waals surface area contributed by atoms with Crippen molar-refractivity contribution < 1.29 is 4.74 Å². The van der Waals surface area contributed by atoms with Gasteiger partial charge in [-0.05, 0) is 63.7 Å². The molecule has 27 heavy (non-hydrogen) atoms. The number of ether oxygens (including phenoxy) is 1. The number of nitrogens with zero attached hydrogens (tertiary/aromatic N) is 1. The highest BCUT2D eigenvalue weighted by molar-refractivity contribution is 6.00. The molecule has 2 aliphatic rings. The van der Waals surface area contributed by atoms with Gasteiger partial charge in [0.15, 0.2) is 0 Å². The van der Waals surface area contributed by atoms with Gasteiger partial charge < -0.3 is 31.4 Å². The van der Waals surface area contributed by atoms with Gasteiger partial charge in [0.25, 0.3) is 0 Å². The molecule has 2 atom stereocenters. The van der Waals surface area contributed by atoms with Gasteiger partial charge in [-0.15, -0.1) is 0 Å². The summed E-state index contributed by atoms with van der Waals surface area (Å²) in [4.78, 5) is 4.77. The molecule has 0 spiro atoms. The molecule has 1 fully saturated rings. The minimum Gasteiger partial charge on any atom is -0.494 e. The first-order valence-corrected chi connectivity index (χ1v) is 9.71. The monoisotopic (exact) mass is 370 g/mol. The maximum atomic E-state index is 7.44. The van der Waals surface area contributed by atoms with Gasteiger partial charge in [-0.3, -0.25) is 0 Å². The molecule has 3 rings (SSSR count). The molecule has 0 aromatic heterocycles. The maximum Gasteiger partial charge on any atom is 0.130 e. The molecule has 1 aromatic rings. The Hall–Kier alpha value is -2.54. The van der Waals surface area contributed by atoms with E-state index in [1.807, 2.05) is 31.2 Å². The van der Waals surface area contributed by atoms with E-state index in [4.69, 9.17) is 15.1 Å². The normalized spacial score (nSPS) is 22.5. The summed E-state index contributed by atoms with van der Waals surface area (Å²) >= 11 is 0. The van der Waals surface area contributed by atoms with Gasteiger partial charge in [-0.25, -0.2) is 4.99 Å². The largest absolute Gasteiger partial charge is 0.494 e. The van der Waals surface area contributed by atoms with E-state index in [9.17, 15) is 0 Å². The van der Waals surface area contributed by atoms with Gasteiger partial charge in [0.1, 0.15) is 23.6 Å². The van der Waals surface area contributed by atoms with E-state index in [0.29, 0.717) is 19.1 Å². The molecule has 2 heterocycles. The van der Waals surface area contributed by atoms with E-state index in [1.165, 1.54) is 12.6 Å². The lowest BCUT2D eigenvalue weighted by atomic mass is 10.1. The SMILES string of the molecule is CCOc1ccc(NC2=C(C)C(NC3CCCNC3)=NC(CC=N)N2)cc1. The summed E-state index contributed by atoms with van der Waals surface area (Å²) in [6.07, 6.45) is 4.12. The molecule has 7 nitrogen and oxygen atoms in total. The molecular formula is C20H30N6O. The third-order valence-corrected chi connectivity index (χ3v) is 4.74. The quantitative estimate of drug-likeness (QED) is 0.475. The van der Waals surface area contributed by atoms with Crippen LogP contribution < -0.4 is 26.0 Å². The number of anilines is 1. The van der Waals surface area contributed by atoms with Crippen molar-refractivity contribution in [3.8, 4) is 5.75 Å². The van der Waals surface area contributed by atoms with Gasteiger partial charge in [-0.1, -0.05) is 0 Å². The van der Waals surface area contributed by atoms with Crippen LogP contribution in [0.5, 0.6) is 5.75 Å². The maximum absolute atomic E-state index is 7.44. The number of hydrogen-bond donors (Lipinski definition) is 5. The van der Waals surface area contributed by atoms with E-state index in [1.54, 1.807) is 0 Å². The van der Waals surface area contributed by atoms with Crippen molar-refractivity contribution in [3.05, 3.63) is 35.7 Å². The molecule has 1 saturated heterocycles. The Morgan fingerprint density at radius 1 is 1.33 bits per heavy atom. The lowest BCUT2D eigenvalue weighted by molar-refractivity contribution is 0.340. The summed E-state index contributed by atoms with van der Waals surface area (Å²) in [5, 5.41) is 21.3. The van der Waals surface area contributed by atoms with Crippen molar-refractivity contribution in [1.29, 1.82) is 5.41 Å². The fourth-order valence-corrected chi connectivity index (χ4v) is 3.29. The van der Waals surface area contributed by atoms with Crippen LogP contribution in [-0.4, -0.2) is 44.0 Å². The van der Waals surface area contributed by atoms with Crippen molar-refractivity contribution in [2.75, 3.05) is 25.0 Å². The van der Waals surface area contributed by atoms with Crippen LogP contribution in [0, 0.1) is 5.41 Å². The predicted octanol–water partition coefficient (Wildman–Crippen LogP) is 2.44. The van der Waals surface area contributed by atoms with Crippen LogP contribution >= 0.6 is 0 Å². The van der Waals surface area contributed by atoms with E-state index >= 15 is 0 Å². The van der Waals surface area contributed by atoms with Gasteiger partial charge in [0, 0.05) is 30.3 Å². The third-order valence-electron chi connectivity index (χ3n) is 4.74. The number of rotatable bonds is 7. The van der Waals surface area contributed by atoms with Gasteiger partial charge in [-0.2, -0.15) is 0 Å². The molecule has 2 unspecified atom stereocenters. The standard InChI is InChI=1S/C20H30N6O/c1-3-27-17-8-6-15(7-9-17)23-19-14(2)20(26-18(25-19)10-11-21)24-16-5-4-12-22-13-16/h6-9,11,16,18,21-23,25H,3-5,10,12-13H2,1-2H3,(H,24,26). The first-order chi connectivity index (χ1) is 13.2. The number of amidine groups is 1. The summed E-state index contributed by atoms with van der Waals surface area (Å²) in [6, 6.07) is 8.31. The van der Waals surface area contributed by atoms with Crippen LogP contribution in [0.1, 0.15) is 33.1 Å². The smallest absolute Gasteiger partial charge is 0.130 e. The molecule has 7 heteroatoms. The molecule has 5 N–H and O–H groups in total. The second-order valence-electron chi connectivity index (χ2n) is 6.85. The molecule has 0 amide bonds. The Balaban J connectivity index is 1.75. The first kappa shape index (κ1) is 19.2. The third kappa shape index (κ3) is 5.23. The summed E-state index contributed by atoms with van der Waals surface area (Å²) in [6.45, 7) is 6.74. The average Bonchev–Trinajstić information content (AvgIpc) is 2.68. The second-order valence-corrected chi connectivity index (χ2v) is 6.85. The van der Waals surface area contributed by atoms with Gasteiger partial charge in [0.05, 0.1) is 6.61 Å². The molecule has 0 aliphatic carbocycles. The van der Waals surface area contributed by atoms with Crippen LogP contribution in [0.15, 0.2) is 40.7 Å². The fraction of sp³-hybridized carbons (Fsp3) is 0.500. The minimum absolute atomic E-state index is 0.143. The zero-order valence-electron chi connectivity index (χ0n) is 16.1. The molecule has 0 saturated carbocycles. The number of aliphatic imine (C=N–C) groups is 1. The molecular weight excluding hydrogens is 340 g/mol. The van der Waals surface area contributed by atoms with Gasteiger partial charge in [0.2, 0.25) is 0 Å². The molecule has 1 aromatic carbocycles. The molecule has 2 aliphatic heterocycles. The first-order valence-electron chi connectivity index (χ1n) is 9.71. The van der Waals surface area contributed by atoms with E-state index in [2.05, 4.69) is 28.2 Å². The van der Waals surface area contributed by atoms with Crippen molar-refractivity contribution >= 4 is 17.7 Å². The van der Waals surface area contributed by atoms with Crippen LogP contribution in [-0.2, 0) is 0 Å². The Kier molecular flexibility index (Phi) is 6.70. The summed E-state index contributed by atoms with van der Waals surface area (Å²) in [7, 11) is 0. The van der Waals surface area contributed by atoms with E-state index in [-0.39, 0.29) is 6.17 Å². The summed E-state index contributed by atoms with van der Waals surface area (Å²) in [5.41, 5.74) is 2.03. The highest BCUT2D eigenvalue weighted by atomic mass is 16.5. The number of hydrogen-bond acceptors (Lipinski definition) is 7. The van der Waals surface area contributed by atoms with Crippen molar-refractivity contribution in [1.82, 2.24) is 16.0 Å². The second kappa shape index (κ2) is 9.41. The highest BCUT2D eigenvalue weighted by Gasteiger charge is 2.23. The lowest BCUT2D eigenvalue weighted by Gasteiger charge is -2.31. The fourth-order valence-electron chi connectivity index (χ4n) is 3.29. The Bertz CT molecular complexity index is 691. The lowest BCUT2D eigenvalue weighted by Crippen LogP contribution is -2.49. The van der Waals surface area contributed by atoms with Crippen LogP contribution in [0.25, 0.3) is 0 Å². The Morgan fingerprint density at radius 3 is 2.81 bits per heavy atom.